The molecule has 1 aliphatic heterocycles. The number of hydrogen-bond donors (Lipinski definition) is 2. The Morgan fingerprint density at radius 1 is 1.23 bits per heavy atom. The number of nitrogens with one attached hydrogen (secondary N) is 2. The summed E-state index contributed by atoms with van der Waals surface area (Å²) in [5, 5.41) is 3.29. The molecule has 1 aromatic heterocycles. The number of para-hydroxylation sites is 1. The summed E-state index contributed by atoms with van der Waals surface area (Å²) in [7, 11) is 1.55. The highest BCUT2D eigenvalue weighted by Gasteiger charge is 2.52. The fraction of sp³-hybridized carbons (Fsp3) is 0.476. The minimum absolute atomic E-state index is 0.0607. The van der Waals surface area contributed by atoms with Crippen molar-refractivity contribution in [3.63, 3.8) is 0 Å². The molecule has 30 heavy (non-hydrogen) atoms. The van der Waals surface area contributed by atoms with Crippen LogP contribution in [0.4, 0.5) is 4.79 Å². The molecule has 2 N–H and O–H groups in total. The van der Waals surface area contributed by atoms with Crippen LogP contribution in [-0.2, 0) is 16.1 Å². The van der Waals surface area contributed by atoms with Crippen molar-refractivity contribution in [1.29, 1.82) is 0 Å². The highest BCUT2D eigenvalue weighted by molar-refractivity contribution is 6.09. The number of nitrogens with zero attached hydrogens (tertiary/aromatic N) is 3. The van der Waals surface area contributed by atoms with Crippen LogP contribution in [0.15, 0.2) is 29.1 Å². The van der Waals surface area contributed by atoms with Crippen molar-refractivity contribution in [3.8, 4) is 0 Å². The molecule has 2 aromatic rings. The Morgan fingerprint density at radius 2 is 1.93 bits per heavy atom. The third kappa shape index (κ3) is 3.55. The van der Waals surface area contributed by atoms with Gasteiger partial charge < -0.3 is 15.2 Å². The van der Waals surface area contributed by atoms with Gasteiger partial charge in [0.1, 0.15) is 17.9 Å². The Kier molecular flexibility index (Phi) is 5.05. The lowest BCUT2D eigenvalue weighted by Crippen LogP contribution is -2.50. The first-order chi connectivity index (χ1) is 14.3. The number of aromatic amines is 1. The van der Waals surface area contributed by atoms with Gasteiger partial charge in [-0.05, 0) is 43.7 Å². The molecule has 1 spiro atoms. The van der Waals surface area contributed by atoms with Crippen LogP contribution in [0.25, 0.3) is 10.9 Å². The molecule has 158 valence electrons. The van der Waals surface area contributed by atoms with Crippen LogP contribution in [-0.4, -0.2) is 56.7 Å². The Bertz CT molecular complexity index is 1070. The second kappa shape index (κ2) is 7.55. The maximum Gasteiger partial charge on any atom is 0.325 e. The second-order valence-electron chi connectivity index (χ2n) is 8.37. The van der Waals surface area contributed by atoms with Gasteiger partial charge in [0.05, 0.1) is 17.4 Å². The summed E-state index contributed by atoms with van der Waals surface area (Å²) in [6.07, 6.45) is 2.94. The normalized spacial score (nSPS) is 23.8. The molecule has 1 aliphatic carbocycles. The van der Waals surface area contributed by atoms with E-state index in [0.717, 1.165) is 17.7 Å². The van der Waals surface area contributed by atoms with Crippen molar-refractivity contribution in [2.45, 2.75) is 44.7 Å². The Hall–Kier alpha value is -3.23. The molecule has 0 radical (unpaired) electrons. The predicted octanol–water partition coefficient (Wildman–Crippen LogP) is 1.38. The minimum atomic E-state index is -0.867. The topological polar surface area (TPSA) is 115 Å². The first kappa shape index (κ1) is 20.1. The summed E-state index contributed by atoms with van der Waals surface area (Å²) in [6, 6.07) is 6.43. The summed E-state index contributed by atoms with van der Waals surface area (Å²) in [4.78, 5) is 59.7. The highest BCUT2D eigenvalue weighted by Crippen LogP contribution is 2.36. The van der Waals surface area contributed by atoms with Gasteiger partial charge in [0, 0.05) is 7.05 Å². The van der Waals surface area contributed by atoms with Crippen LogP contribution in [0.2, 0.25) is 0 Å². The van der Waals surface area contributed by atoms with E-state index in [9.17, 15) is 19.2 Å². The van der Waals surface area contributed by atoms with Gasteiger partial charge in [-0.25, -0.2) is 9.78 Å². The van der Waals surface area contributed by atoms with E-state index in [1.165, 1.54) is 4.90 Å². The standard InChI is InChI=1S/C21H25N5O4/c1-13-7-9-21(10-8-13)19(29)26(20(30)24-21)12-17(27)25(2)11-16-22-15-6-4-3-5-14(15)18(28)23-16/h3-6,13H,7-12H2,1-2H3,(H,24,30)(H,22,23,28). The monoisotopic (exact) mass is 411 g/mol. The number of imide groups is 1. The molecule has 0 atom stereocenters. The lowest BCUT2D eigenvalue weighted by Gasteiger charge is -2.33. The van der Waals surface area contributed by atoms with Crippen LogP contribution < -0.4 is 10.9 Å². The van der Waals surface area contributed by atoms with Gasteiger partial charge >= 0.3 is 6.03 Å². The molecule has 2 fully saturated rings. The number of hydrogen-bond acceptors (Lipinski definition) is 5. The van der Waals surface area contributed by atoms with Crippen LogP contribution in [0.5, 0.6) is 0 Å². The number of urea groups is 1. The van der Waals surface area contributed by atoms with E-state index < -0.39 is 17.5 Å². The smallest absolute Gasteiger partial charge is 0.325 e. The number of rotatable bonds is 4. The van der Waals surface area contributed by atoms with E-state index in [1.54, 1.807) is 31.3 Å². The number of carbonyl (C=O) groups excluding carboxylic acids is 3. The number of amides is 4. The third-order valence-corrected chi connectivity index (χ3v) is 6.14. The fourth-order valence-corrected chi connectivity index (χ4v) is 4.19. The van der Waals surface area contributed by atoms with Gasteiger partial charge in [-0.1, -0.05) is 19.1 Å². The average Bonchev–Trinajstić information content (AvgIpc) is 2.94. The van der Waals surface area contributed by atoms with Gasteiger partial charge in [0.15, 0.2) is 0 Å². The van der Waals surface area contributed by atoms with Crippen molar-refractivity contribution in [2.24, 2.45) is 5.92 Å². The van der Waals surface area contributed by atoms with Gasteiger partial charge in [0.25, 0.3) is 11.5 Å². The number of carbonyl (C=O) groups is 3. The number of benzene rings is 1. The van der Waals surface area contributed by atoms with E-state index in [0.29, 0.717) is 35.5 Å². The quantitative estimate of drug-likeness (QED) is 0.738. The van der Waals surface area contributed by atoms with Gasteiger partial charge in [0.2, 0.25) is 5.91 Å². The van der Waals surface area contributed by atoms with Gasteiger partial charge in [-0.15, -0.1) is 0 Å². The Labute approximate surface area is 173 Å². The summed E-state index contributed by atoms with van der Waals surface area (Å²) < 4.78 is 0. The largest absolute Gasteiger partial charge is 0.337 e. The molecule has 1 saturated heterocycles. The molecule has 9 heteroatoms. The molecule has 0 bridgehead atoms. The molecule has 2 heterocycles. The van der Waals surface area contributed by atoms with Crippen LogP contribution in [0.1, 0.15) is 38.4 Å². The fourth-order valence-electron chi connectivity index (χ4n) is 4.19. The predicted molar refractivity (Wildman–Crippen MR) is 109 cm³/mol. The van der Waals surface area contributed by atoms with E-state index in [1.807, 2.05) is 0 Å². The number of H-pyrrole nitrogens is 1. The van der Waals surface area contributed by atoms with Crippen molar-refractivity contribution in [2.75, 3.05) is 13.6 Å². The maximum atomic E-state index is 12.9. The van der Waals surface area contributed by atoms with E-state index in [4.69, 9.17) is 0 Å². The summed E-state index contributed by atoms with van der Waals surface area (Å²) in [6.45, 7) is 1.86. The van der Waals surface area contributed by atoms with Crippen LogP contribution in [0, 0.1) is 5.92 Å². The molecule has 1 saturated carbocycles. The van der Waals surface area contributed by atoms with Crippen LogP contribution >= 0.6 is 0 Å². The van der Waals surface area contributed by atoms with E-state index in [-0.39, 0.29) is 24.6 Å². The summed E-state index contributed by atoms with van der Waals surface area (Å²) >= 11 is 0. The van der Waals surface area contributed by atoms with Gasteiger partial charge in [-0.2, -0.15) is 0 Å². The summed E-state index contributed by atoms with van der Waals surface area (Å²) in [5.74, 6) is 0.136. The lowest BCUT2D eigenvalue weighted by atomic mass is 9.77. The zero-order valence-corrected chi connectivity index (χ0v) is 17.1. The molecular weight excluding hydrogens is 386 g/mol. The Morgan fingerprint density at radius 3 is 2.67 bits per heavy atom. The van der Waals surface area contributed by atoms with E-state index in [2.05, 4.69) is 22.2 Å². The maximum absolute atomic E-state index is 12.9. The second-order valence-corrected chi connectivity index (χ2v) is 8.37. The van der Waals surface area contributed by atoms with E-state index >= 15 is 0 Å². The molecule has 2 aliphatic rings. The lowest BCUT2D eigenvalue weighted by molar-refractivity contribution is -0.139. The minimum Gasteiger partial charge on any atom is -0.337 e. The first-order valence-electron chi connectivity index (χ1n) is 10.1. The zero-order valence-electron chi connectivity index (χ0n) is 17.1. The number of aromatic nitrogens is 2. The Balaban J connectivity index is 1.44. The number of fused-ring (bicyclic) bond motifs is 1. The molecule has 9 nitrogen and oxygen atoms in total. The highest BCUT2D eigenvalue weighted by atomic mass is 16.2. The summed E-state index contributed by atoms with van der Waals surface area (Å²) in [5.41, 5.74) is -0.605. The zero-order chi connectivity index (χ0) is 21.5. The van der Waals surface area contributed by atoms with Crippen molar-refractivity contribution >= 4 is 28.7 Å². The van der Waals surface area contributed by atoms with Crippen molar-refractivity contribution in [1.82, 2.24) is 25.1 Å². The van der Waals surface area contributed by atoms with Gasteiger partial charge in [-0.3, -0.25) is 19.3 Å². The SMILES string of the molecule is CC1CCC2(CC1)NC(=O)N(CC(=O)N(C)Cc1nc3ccccc3c(=O)[nH]1)C2=O. The van der Waals surface area contributed by atoms with Crippen LogP contribution in [0.3, 0.4) is 0 Å². The molecule has 4 amide bonds. The molecule has 1 aromatic carbocycles. The first-order valence-corrected chi connectivity index (χ1v) is 10.1. The third-order valence-electron chi connectivity index (χ3n) is 6.14. The number of likely N-dealkylation sites (N-methyl/N-ethyl adjacent to an activating group) is 1. The molecule has 4 rings (SSSR count). The molecule has 0 unspecified atom stereocenters. The molecular formula is C21H25N5O4. The van der Waals surface area contributed by atoms with Crippen molar-refractivity contribution in [3.05, 3.63) is 40.4 Å². The van der Waals surface area contributed by atoms with Crippen molar-refractivity contribution < 1.29 is 14.4 Å². The average molecular weight is 411 g/mol.